The average Bonchev–Trinajstić information content (AvgIpc) is 3.11. The summed E-state index contributed by atoms with van der Waals surface area (Å²) in [6.45, 7) is 3.67. The fraction of sp³-hybridized carbons (Fsp3) is 0.200. The van der Waals surface area contributed by atoms with Crippen molar-refractivity contribution < 1.29 is 53.2 Å². The van der Waals surface area contributed by atoms with Crippen LogP contribution in [0.5, 0.6) is 0 Å². The minimum Gasteiger partial charge on any atom is -0.510 e. The highest BCUT2D eigenvalue weighted by atomic mass is 16.5. The first kappa shape index (κ1) is 38.6. The minimum absolute atomic E-state index is 0.0254. The van der Waals surface area contributed by atoms with Gasteiger partial charge in [0.15, 0.2) is 23.0 Å². The summed E-state index contributed by atoms with van der Waals surface area (Å²) in [6.07, 6.45) is -0.189. The van der Waals surface area contributed by atoms with E-state index in [1.54, 1.807) is 0 Å². The van der Waals surface area contributed by atoms with E-state index < -0.39 is 52.5 Å². The molecule has 3 aromatic carbocycles. The summed E-state index contributed by atoms with van der Waals surface area (Å²) in [6, 6.07) is 13.9. The van der Waals surface area contributed by atoms with Crippen molar-refractivity contribution in [1.29, 1.82) is 0 Å². The first-order valence-electron chi connectivity index (χ1n) is 14.8. The fourth-order valence-electron chi connectivity index (χ4n) is 4.25. The zero-order valence-electron chi connectivity index (χ0n) is 28.3. The number of carbonyl (C=O) groups excluding carboxylic acids is 6. The van der Waals surface area contributed by atoms with Crippen LogP contribution >= 0.6 is 0 Å². The first-order valence-corrected chi connectivity index (χ1v) is 14.8. The molecule has 0 radical (unpaired) electrons. The molecule has 0 atom stereocenters. The Balaban J connectivity index is 1.83. The van der Waals surface area contributed by atoms with Gasteiger partial charge in [0, 0.05) is 24.6 Å². The van der Waals surface area contributed by atoms with Gasteiger partial charge in [-0.3, -0.25) is 14.4 Å². The van der Waals surface area contributed by atoms with Crippen molar-refractivity contribution >= 4 is 52.4 Å². The van der Waals surface area contributed by atoms with Crippen LogP contribution in [0.3, 0.4) is 0 Å². The van der Waals surface area contributed by atoms with Crippen molar-refractivity contribution in [2.45, 2.75) is 27.2 Å². The second kappa shape index (κ2) is 17.5. The van der Waals surface area contributed by atoms with Crippen LogP contribution in [0.4, 0.5) is 17.1 Å². The molecule has 0 heterocycles. The number of nitrogens with zero attached hydrogens (tertiary/aromatic N) is 4. The van der Waals surface area contributed by atoms with E-state index in [0.29, 0.717) is 5.56 Å². The summed E-state index contributed by atoms with van der Waals surface area (Å²) in [7, 11) is 3.48. The van der Waals surface area contributed by atoms with Crippen molar-refractivity contribution in [3.63, 3.8) is 0 Å². The number of ether oxygens (including phenoxy) is 3. The van der Waals surface area contributed by atoms with E-state index in [2.05, 4.69) is 25.8 Å². The molecule has 0 saturated heterocycles. The van der Waals surface area contributed by atoms with E-state index >= 15 is 0 Å². The number of carbonyl (C=O) groups is 6. The third kappa shape index (κ3) is 10.1. The first-order chi connectivity index (χ1) is 24.2. The Morgan fingerprint density at radius 3 is 1.61 bits per heavy atom. The standard InChI is InChI=1S/C35H33N5O11/c1-18(41)22-9-13-25(34(47)50-5)27(16-22)38-40-31(20(3)43)32(45)36-24-11-7-21(8-12-24)15-29(44)30(19(2)42)39-37-28-17-23(33(46)49-4)10-14-26(28)35(48)51-6/h7-14,16-17,43-44H,15H2,1-6H3,(H,36,45). The normalized spacial score (nSPS) is 12.1. The smallest absolute Gasteiger partial charge is 0.340 e. The Morgan fingerprint density at radius 1 is 0.647 bits per heavy atom. The fourth-order valence-corrected chi connectivity index (χ4v) is 4.25. The van der Waals surface area contributed by atoms with Gasteiger partial charge in [-0.1, -0.05) is 18.2 Å². The average molecular weight is 700 g/mol. The van der Waals surface area contributed by atoms with E-state index in [0.717, 1.165) is 21.1 Å². The van der Waals surface area contributed by atoms with E-state index in [1.807, 2.05) is 0 Å². The molecule has 3 rings (SSSR count). The maximum atomic E-state index is 13.0. The predicted octanol–water partition coefficient (Wildman–Crippen LogP) is 6.45. The molecule has 3 N–H and O–H groups in total. The molecule has 264 valence electrons. The molecule has 0 aromatic heterocycles. The van der Waals surface area contributed by atoms with Gasteiger partial charge in [0.05, 0.1) is 38.0 Å². The van der Waals surface area contributed by atoms with Gasteiger partial charge in [-0.05, 0) is 61.9 Å². The van der Waals surface area contributed by atoms with Crippen LogP contribution in [0.1, 0.15) is 67.8 Å². The Morgan fingerprint density at radius 2 is 1.14 bits per heavy atom. The molecule has 51 heavy (non-hydrogen) atoms. The number of benzene rings is 3. The highest BCUT2D eigenvalue weighted by molar-refractivity contribution is 6.04. The summed E-state index contributed by atoms with van der Waals surface area (Å²) in [5, 5.41) is 39.0. The van der Waals surface area contributed by atoms with E-state index in [1.165, 1.54) is 81.6 Å². The molecule has 0 aliphatic rings. The van der Waals surface area contributed by atoms with Gasteiger partial charge in [-0.15, -0.1) is 20.5 Å². The second-order valence-corrected chi connectivity index (χ2v) is 10.5. The van der Waals surface area contributed by atoms with Crippen LogP contribution in [0.25, 0.3) is 0 Å². The molecule has 0 unspecified atom stereocenters. The largest absolute Gasteiger partial charge is 0.510 e. The number of ketones is 2. The summed E-state index contributed by atoms with van der Waals surface area (Å²) in [5.74, 6) is -5.02. The number of azo groups is 2. The predicted molar refractivity (Wildman–Crippen MR) is 180 cm³/mol. The Hall–Kier alpha value is -6.84. The summed E-state index contributed by atoms with van der Waals surface area (Å²) in [4.78, 5) is 73.6. The van der Waals surface area contributed by atoms with Crippen molar-refractivity contribution in [3.8, 4) is 0 Å². The van der Waals surface area contributed by atoms with Gasteiger partial charge in [-0.2, -0.15) is 0 Å². The molecule has 0 fully saturated rings. The van der Waals surface area contributed by atoms with Crippen LogP contribution < -0.4 is 5.32 Å². The molecule has 0 saturated carbocycles. The molecule has 0 bridgehead atoms. The number of methoxy groups -OCH3 is 3. The lowest BCUT2D eigenvalue weighted by Crippen LogP contribution is -2.14. The Kier molecular flexibility index (Phi) is 13.3. The van der Waals surface area contributed by atoms with Crippen LogP contribution in [-0.4, -0.2) is 66.9 Å². The maximum Gasteiger partial charge on any atom is 0.340 e. The van der Waals surface area contributed by atoms with Crippen molar-refractivity contribution in [2.24, 2.45) is 20.5 Å². The number of esters is 3. The van der Waals surface area contributed by atoms with Crippen LogP contribution in [0.2, 0.25) is 0 Å². The number of Topliss-reactive ketones (excluding diaryl/α,β-unsaturated/α-hetero) is 2. The lowest BCUT2D eigenvalue weighted by atomic mass is 10.1. The van der Waals surface area contributed by atoms with Crippen molar-refractivity contribution in [3.05, 3.63) is 111 Å². The van der Waals surface area contributed by atoms with Crippen molar-refractivity contribution in [1.82, 2.24) is 0 Å². The van der Waals surface area contributed by atoms with Gasteiger partial charge < -0.3 is 29.7 Å². The molecule has 3 aromatic rings. The van der Waals surface area contributed by atoms with Crippen molar-refractivity contribution in [2.75, 3.05) is 26.6 Å². The van der Waals surface area contributed by atoms with Crippen LogP contribution in [-0.2, 0) is 30.2 Å². The zero-order valence-corrected chi connectivity index (χ0v) is 28.3. The number of aliphatic hydroxyl groups is 2. The number of anilines is 1. The number of amides is 1. The summed E-state index contributed by atoms with van der Waals surface area (Å²) >= 11 is 0. The van der Waals surface area contributed by atoms with E-state index in [-0.39, 0.29) is 51.5 Å². The number of hydrogen-bond donors (Lipinski definition) is 3. The monoisotopic (exact) mass is 699 g/mol. The lowest BCUT2D eigenvalue weighted by Gasteiger charge is -2.09. The number of rotatable bonds is 13. The lowest BCUT2D eigenvalue weighted by molar-refractivity contribution is -0.114. The zero-order chi connectivity index (χ0) is 37.8. The van der Waals surface area contributed by atoms with Crippen LogP contribution in [0.15, 0.2) is 104 Å². The topological polar surface area (TPSA) is 232 Å². The molecule has 0 spiro atoms. The van der Waals surface area contributed by atoms with Gasteiger partial charge in [0.1, 0.15) is 22.9 Å². The maximum absolute atomic E-state index is 13.0. The van der Waals surface area contributed by atoms with Crippen LogP contribution in [0, 0.1) is 0 Å². The van der Waals surface area contributed by atoms with Gasteiger partial charge in [0.2, 0.25) is 0 Å². The molecule has 0 aliphatic heterocycles. The number of nitrogens with one attached hydrogen (secondary N) is 1. The second-order valence-electron chi connectivity index (χ2n) is 10.5. The summed E-state index contributed by atoms with van der Waals surface area (Å²) in [5.41, 5.74) is -0.167. The third-order valence-corrected chi connectivity index (χ3v) is 6.90. The number of allylic oxidation sites excluding steroid dienone is 3. The summed E-state index contributed by atoms with van der Waals surface area (Å²) < 4.78 is 14.2. The highest BCUT2D eigenvalue weighted by Crippen LogP contribution is 2.26. The molecule has 0 aliphatic carbocycles. The molecular weight excluding hydrogens is 666 g/mol. The molecule has 1 amide bonds. The molecule has 16 heteroatoms. The SMILES string of the molecule is COC(=O)c1ccc(C(=O)OC)c(N=NC(C(C)=O)=C(O)Cc2ccc(NC(=O)C(N=Nc3cc(C(C)=O)ccc3C(=O)OC)=C(C)O)cc2)c1. The number of hydrogen-bond acceptors (Lipinski definition) is 15. The third-order valence-electron chi connectivity index (χ3n) is 6.90. The van der Waals surface area contributed by atoms with E-state index in [9.17, 15) is 39.0 Å². The number of aliphatic hydroxyl groups excluding tert-OH is 2. The Labute approximate surface area is 291 Å². The highest BCUT2D eigenvalue weighted by Gasteiger charge is 2.19. The Bertz CT molecular complexity index is 2010. The minimum atomic E-state index is -0.863. The molecule has 16 nitrogen and oxygen atoms in total. The van der Waals surface area contributed by atoms with E-state index in [4.69, 9.17) is 14.2 Å². The molecular formula is C35H33N5O11. The van der Waals surface area contributed by atoms with Gasteiger partial charge in [-0.25, -0.2) is 14.4 Å². The van der Waals surface area contributed by atoms with Gasteiger partial charge >= 0.3 is 17.9 Å². The van der Waals surface area contributed by atoms with Gasteiger partial charge in [0.25, 0.3) is 5.91 Å². The quantitative estimate of drug-likeness (QED) is 0.0438.